The molecule has 0 spiro atoms. The molecule has 2 aromatic carbocycles. The summed E-state index contributed by atoms with van der Waals surface area (Å²) in [7, 11) is 0. The van der Waals surface area contributed by atoms with E-state index in [9.17, 15) is 4.79 Å². The molecule has 0 aliphatic rings. The molecule has 194 valence electrons. The zero-order valence-electron chi connectivity index (χ0n) is 22.1. The van der Waals surface area contributed by atoms with Gasteiger partial charge in [0, 0.05) is 0 Å². The van der Waals surface area contributed by atoms with Gasteiger partial charge in [-0.05, 0) is 74.8 Å². The quantitative estimate of drug-likeness (QED) is 0.116. The molecule has 0 radical (unpaired) electrons. The Balaban J connectivity index is 1.63. The number of ether oxygens (including phenoxy) is 2. The molecule has 0 aliphatic carbocycles. The van der Waals surface area contributed by atoms with Crippen LogP contribution in [0.4, 0.5) is 0 Å². The summed E-state index contributed by atoms with van der Waals surface area (Å²) in [6.07, 6.45) is 14.4. The summed E-state index contributed by atoms with van der Waals surface area (Å²) in [5.74, 6) is 0.617. The Morgan fingerprint density at radius 1 is 0.771 bits per heavy atom. The standard InChI is InChI=1S/C31H45ClO3/c1-4-5-6-7-8-9-10-13-24-34-30-22-20-29(21-23-30)28-18-16-27(17-19-28)15-12-11-14-25(2)35-31(33)26(3)32/h16-23,25-26H,4-15,24H2,1-3H3. The van der Waals surface area contributed by atoms with E-state index in [4.69, 9.17) is 21.1 Å². The Morgan fingerprint density at radius 2 is 1.34 bits per heavy atom. The highest BCUT2D eigenvalue weighted by atomic mass is 35.5. The zero-order valence-corrected chi connectivity index (χ0v) is 22.8. The van der Waals surface area contributed by atoms with E-state index >= 15 is 0 Å². The minimum atomic E-state index is -0.584. The van der Waals surface area contributed by atoms with Crippen LogP contribution in [0, 0.1) is 0 Å². The molecule has 0 heterocycles. The molecule has 0 bridgehead atoms. The van der Waals surface area contributed by atoms with Gasteiger partial charge in [-0.1, -0.05) is 88.3 Å². The number of aryl methyl sites for hydroxylation is 1. The van der Waals surface area contributed by atoms with Crippen molar-refractivity contribution >= 4 is 17.6 Å². The van der Waals surface area contributed by atoms with Gasteiger partial charge < -0.3 is 9.47 Å². The average molecular weight is 501 g/mol. The molecule has 0 aromatic heterocycles. The van der Waals surface area contributed by atoms with Crippen molar-refractivity contribution in [2.24, 2.45) is 0 Å². The number of hydrogen-bond donors (Lipinski definition) is 0. The highest BCUT2D eigenvalue weighted by Gasteiger charge is 2.14. The summed E-state index contributed by atoms with van der Waals surface area (Å²) in [5, 5.41) is -0.584. The lowest BCUT2D eigenvalue weighted by Crippen LogP contribution is -2.20. The Labute approximate surface area is 218 Å². The van der Waals surface area contributed by atoms with E-state index < -0.39 is 5.38 Å². The zero-order chi connectivity index (χ0) is 25.3. The van der Waals surface area contributed by atoms with E-state index in [0.29, 0.717) is 0 Å². The van der Waals surface area contributed by atoms with Crippen molar-refractivity contribution in [1.29, 1.82) is 0 Å². The monoisotopic (exact) mass is 500 g/mol. The van der Waals surface area contributed by atoms with Gasteiger partial charge >= 0.3 is 5.97 Å². The van der Waals surface area contributed by atoms with E-state index in [0.717, 1.165) is 44.5 Å². The van der Waals surface area contributed by atoms with Crippen LogP contribution in [0.15, 0.2) is 48.5 Å². The molecular formula is C31H45ClO3. The summed E-state index contributed by atoms with van der Waals surface area (Å²) in [5.41, 5.74) is 3.76. The van der Waals surface area contributed by atoms with Crippen LogP contribution in [-0.2, 0) is 16.0 Å². The van der Waals surface area contributed by atoms with E-state index in [-0.39, 0.29) is 12.1 Å². The normalized spacial score (nSPS) is 12.8. The van der Waals surface area contributed by atoms with Crippen LogP contribution in [0.2, 0.25) is 0 Å². The van der Waals surface area contributed by atoms with Crippen molar-refractivity contribution in [3.63, 3.8) is 0 Å². The highest BCUT2D eigenvalue weighted by Crippen LogP contribution is 2.24. The van der Waals surface area contributed by atoms with Gasteiger partial charge in [0.15, 0.2) is 0 Å². The molecule has 2 atom stereocenters. The van der Waals surface area contributed by atoms with Gasteiger partial charge in [0.25, 0.3) is 0 Å². The maximum absolute atomic E-state index is 11.5. The van der Waals surface area contributed by atoms with Gasteiger partial charge in [-0.3, -0.25) is 4.79 Å². The lowest BCUT2D eigenvalue weighted by molar-refractivity contribution is -0.147. The topological polar surface area (TPSA) is 35.5 Å². The molecule has 0 saturated carbocycles. The minimum Gasteiger partial charge on any atom is -0.494 e. The first-order valence-corrected chi connectivity index (χ1v) is 14.1. The molecule has 2 unspecified atom stereocenters. The van der Waals surface area contributed by atoms with Crippen LogP contribution < -0.4 is 4.74 Å². The highest BCUT2D eigenvalue weighted by molar-refractivity contribution is 6.29. The van der Waals surface area contributed by atoms with Crippen molar-refractivity contribution < 1.29 is 14.3 Å². The third-order valence-electron chi connectivity index (χ3n) is 6.38. The molecule has 0 N–H and O–H groups in total. The number of unbranched alkanes of at least 4 members (excludes halogenated alkanes) is 8. The van der Waals surface area contributed by atoms with Crippen LogP contribution in [-0.4, -0.2) is 24.1 Å². The van der Waals surface area contributed by atoms with Gasteiger partial charge in [-0.15, -0.1) is 11.6 Å². The summed E-state index contributed by atoms with van der Waals surface area (Å²) in [4.78, 5) is 11.5. The fraction of sp³-hybridized carbons (Fsp3) is 0.581. The van der Waals surface area contributed by atoms with Crippen molar-refractivity contribution in [3.05, 3.63) is 54.1 Å². The van der Waals surface area contributed by atoms with E-state index in [1.54, 1.807) is 6.92 Å². The number of halogens is 1. The summed E-state index contributed by atoms with van der Waals surface area (Å²) in [6.45, 7) is 6.63. The number of carbonyl (C=O) groups excluding carboxylic acids is 1. The predicted molar refractivity (Wildman–Crippen MR) is 148 cm³/mol. The fourth-order valence-corrected chi connectivity index (χ4v) is 4.20. The van der Waals surface area contributed by atoms with Gasteiger partial charge in [-0.25, -0.2) is 0 Å². The fourth-order valence-electron chi connectivity index (χ4n) is 4.15. The van der Waals surface area contributed by atoms with Crippen molar-refractivity contribution in [2.45, 2.75) is 109 Å². The second-order valence-corrected chi connectivity index (χ2v) is 10.3. The smallest absolute Gasteiger partial charge is 0.324 e. The lowest BCUT2D eigenvalue weighted by Gasteiger charge is -2.14. The van der Waals surface area contributed by atoms with Crippen molar-refractivity contribution in [1.82, 2.24) is 0 Å². The molecule has 2 rings (SSSR count). The average Bonchev–Trinajstić information content (AvgIpc) is 2.86. The summed E-state index contributed by atoms with van der Waals surface area (Å²) < 4.78 is 11.2. The number of esters is 1. The first-order chi connectivity index (χ1) is 17.0. The molecule has 4 heteroatoms. The van der Waals surface area contributed by atoms with Gasteiger partial charge in [0.05, 0.1) is 12.7 Å². The van der Waals surface area contributed by atoms with Gasteiger partial charge in [0.1, 0.15) is 11.1 Å². The number of rotatable bonds is 18. The third-order valence-corrected chi connectivity index (χ3v) is 6.55. The van der Waals surface area contributed by atoms with Crippen LogP contribution in [0.1, 0.15) is 97.0 Å². The molecule has 3 nitrogen and oxygen atoms in total. The van der Waals surface area contributed by atoms with Crippen LogP contribution in [0.25, 0.3) is 11.1 Å². The first kappa shape index (κ1) is 29.2. The molecule has 0 amide bonds. The van der Waals surface area contributed by atoms with Crippen molar-refractivity contribution in [3.8, 4) is 16.9 Å². The number of carbonyl (C=O) groups is 1. The largest absolute Gasteiger partial charge is 0.494 e. The van der Waals surface area contributed by atoms with E-state index in [2.05, 4.69) is 55.5 Å². The molecule has 0 aliphatic heterocycles. The van der Waals surface area contributed by atoms with E-state index in [1.165, 1.54) is 61.6 Å². The van der Waals surface area contributed by atoms with Crippen LogP contribution >= 0.6 is 11.6 Å². The van der Waals surface area contributed by atoms with Crippen LogP contribution in [0.5, 0.6) is 5.75 Å². The summed E-state index contributed by atoms with van der Waals surface area (Å²) >= 11 is 5.75. The predicted octanol–water partition coefficient (Wildman–Crippen LogP) is 9.14. The Hall–Kier alpha value is -2.00. The number of hydrogen-bond acceptors (Lipinski definition) is 3. The number of benzene rings is 2. The molecule has 35 heavy (non-hydrogen) atoms. The van der Waals surface area contributed by atoms with Gasteiger partial charge in [0.2, 0.25) is 0 Å². The molecule has 2 aromatic rings. The Kier molecular flexibility index (Phi) is 14.6. The first-order valence-electron chi connectivity index (χ1n) is 13.7. The van der Waals surface area contributed by atoms with Crippen molar-refractivity contribution in [2.75, 3.05) is 6.61 Å². The third kappa shape index (κ3) is 12.5. The SMILES string of the molecule is CCCCCCCCCCOc1ccc(-c2ccc(CCCCC(C)OC(=O)C(C)Cl)cc2)cc1. The summed E-state index contributed by atoms with van der Waals surface area (Å²) in [6, 6.07) is 17.2. The lowest BCUT2D eigenvalue weighted by atomic mass is 10.0. The van der Waals surface area contributed by atoms with Crippen LogP contribution in [0.3, 0.4) is 0 Å². The van der Waals surface area contributed by atoms with E-state index in [1.807, 2.05) is 6.92 Å². The number of alkyl halides is 1. The maximum atomic E-state index is 11.5. The second-order valence-electron chi connectivity index (χ2n) is 9.65. The maximum Gasteiger partial charge on any atom is 0.324 e. The molecule has 0 fully saturated rings. The molecule has 0 saturated heterocycles. The minimum absolute atomic E-state index is 0.0849. The Bertz CT molecular complexity index is 814. The van der Waals surface area contributed by atoms with Gasteiger partial charge in [-0.2, -0.15) is 0 Å². The Morgan fingerprint density at radius 3 is 1.94 bits per heavy atom. The molecular weight excluding hydrogens is 456 g/mol. The second kappa shape index (κ2) is 17.4.